The highest BCUT2D eigenvalue weighted by molar-refractivity contribution is 5.99. The number of hydrogen-bond acceptors (Lipinski definition) is 5. The third-order valence-electron chi connectivity index (χ3n) is 6.18. The molecule has 0 saturated carbocycles. The number of amides is 1. The number of hydrogen-bond donors (Lipinski definition) is 3. The van der Waals surface area contributed by atoms with Gasteiger partial charge in [0, 0.05) is 34.8 Å². The van der Waals surface area contributed by atoms with Gasteiger partial charge in [0.2, 0.25) is 5.91 Å². The molecule has 0 bridgehead atoms. The Hall–Kier alpha value is -4.92. The summed E-state index contributed by atoms with van der Waals surface area (Å²) in [4.78, 5) is 29.0. The number of carbonyl (C=O) groups is 1. The summed E-state index contributed by atoms with van der Waals surface area (Å²) in [6, 6.07) is 16.0. The molecule has 0 radical (unpaired) electrons. The summed E-state index contributed by atoms with van der Waals surface area (Å²) in [5, 5.41) is 11.2. The number of nitrogens with one attached hydrogen (secondary N) is 3. The molecule has 5 heterocycles. The maximum Gasteiger partial charge on any atom is 0.226 e. The Morgan fingerprint density at radius 3 is 2.73 bits per heavy atom. The molecule has 182 valence electrons. The zero-order valence-electron chi connectivity index (χ0n) is 20.1. The van der Waals surface area contributed by atoms with Crippen LogP contribution < -0.4 is 5.32 Å². The first-order chi connectivity index (χ1) is 18.0. The molecule has 8 nitrogen and oxygen atoms in total. The summed E-state index contributed by atoms with van der Waals surface area (Å²) in [5.41, 5.74) is 6.67. The van der Waals surface area contributed by atoms with Gasteiger partial charge in [-0.1, -0.05) is 32.0 Å². The Kier molecular flexibility index (Phi) is 5.45. The van der Waals surface area contributed by atoms with Crippen LogP contribution in [-0.2, 0) is 4.79 Å². The third kappa shape index (κ3) is 4.10. The van der Waals surface area contributed by atoms with Gasteiger partial charge in [-0.3, -0.25) is 14.9 Å². The van der Waals surface area contributed by atoms with Gasteiger partial charge >= 0.3 is 0 Å². The maximum absolute atomic E-state index is 14.5. The Labute approximate surface area is 211 Å². The number of anilines is 1. The van der Waals surface area contributed by atoms with Crippen molar-refractivity contribution in [3.05, 3.63) is 79.0 Å². The minimum Gasteiger partial charge on any atom is -0.338 e. The van der Waals surface area contributed by atoms with Crippen LogP contribution in [0.2, 0.25) is 0 Å². The van der Waals surface area contributed by atoms with Crippen LogP contribution in [0.5, 0.6) is 0 Å². The zero-order valence-corrected chi connectivity index (χ0v) is 20.1. The highest BCUT2D eigenvalue weighted by atomic mass is 19.1. The molecule has 0 spiro atoms. The molecule has 3 N–H and O–H groups in total. The van der Waals surface area contributed by atoms with Crippen molar-refractivity contribution in [3.63, 3.8) is 0 Å². The molecule has 0 aliphatic carbocycles. The molecule has 0 atom stereocenters. The van der Waals surface area contributed by atoms with E-state index in [-0.39, 0.29) is 17.6 Å². The number of halogens is 1. The third-order valence-corrected chi connectivity index (χ3v) is 6.18. The number of fused-ring (bicyclic) bond motifs is 2. The van der Waals surface area contributed by atoms with Crippen molar-refractivity contribution in [3.8, 4) is 33.8 Å². The van der Waals surface area contributed by atoms with E-state index in [1.54, 1.807) is 36.8 Å². The number of aromatic amines is 2. The van der Waals surface area contributed by atoms with Crippen LogP contribution in [0.15, 0.2) is 73.2 Å². The molecule has 1 aromatic carbocycles. The number of H-pyrrole nitrogens is 2. The first kappa shape index (κ1) is 22.5. The van der Waals surface area contributed by atoms with Crippen molar-refractivity contribution in [1.82, 2.24) is 30.1 Å². The van der Waals surface area contributed by atoms with E-state index in [2.05, 4.69) is 30.5 Å². The minimum absolute atomic E-state index is 0.0818. The van der Waals surface area contributed by atoms with Gasteiger partial charge in [-0.05, 0) is 42.0 Å². The van der Waals surface area contributed by atoms with Crippen LogP contribution in [0.4, 0.5) is 10.1 Å². The molecule has 0 unspecified atom stereocenters. The van der Waals surface area contributed by atoms with Gasteiger partial charge in [0.05, 0.1) is 28.8 Å². The summed E-state index contributed by atoms with van der Waals surface area (Å²) >= 11 is 0. The molecule has 0 aliphatic heterocycles. The van der Waals surface area contributed by atoms with Crippen LogP contribution in [-0.4, -0.2) is 36.0 Å². The predicted molar refractivity (Wildman–Crippen MR) is 141 cm³/mol. The summed E-state index contributed by atoms with van der Waals surface area (Å²) in [6.45, 7) is 3.67. The first-order valence-electron chi connectivity index (χ1n) is 11.8. The number of pyridine rings is 3. The zero-order chi connectivity index (χ0) is 25.5. The van der Waals surface area contributed by atoms with Gasteiger partial charge in [-0.15, -0.1) is 0 Å². The summed E-state index contributed by atoms with van der Waals surface area (Å²) < 4.78 is 14.5. The van der Waals surface area contributed by atoms with E-state index in [1.807, 2.05) is 44.2 Å². The standard InChI is InChI=1S/C28H22FN7O/c1-15(2)28(37)32-17-11-16(13-30-14-17)22-7-8-23-25(33-22)26(36-35-23)24-12-20-18(9-10-31-27(20)34-24)19-5-3-4-6-21(19)29/h3-15H,1-2H3,(H,31,34)(H,32,37)(H,35,36). The average Bonchev–Trinajstić information content (AvgIpc) is 3.53. The summed E-state index contributed by atoms with van der Waals surface area (Å²) in [7, 11) is 0. The smallest absolute Gasteiger partial charge is 0.226 e. The van der Waals surface area contributed by atoms with E-state index >= 15 is 0 Å². The monoisotopic (exact) mass is 491 g/mol. The molecule has 9 heteroatoms. The molecule has 6 rings (SSSR count). The van der Waals surface area contributed by atoms with E-state index < -0.39 is 0 Å². The van der Waals surface area contributed by atoms with E-state index in [1.165, 1.54) is 6.07 Å². The normalized spacial score (nSPS) is 11.5. The quantitative estimate of drug-likeness (QED) is 0.275. The second-order valence-corrected chi connectivity index (χ2v) is 9.05. The molecule has 37 heavy (non-hydrogen) atoms. The fourth-order valence-electron chi connectivity index (χ4n) is 4.25. The van der Waals surface area contributed by atoms with Crippen LogP contribution in [0.1, 0.15) is 13.8 Å². The van der Waals surface area contributed by atoms with Crippen LogP contribution in [0.3, 0.4) is 0 Å². The van der Waals surface area contributed by atoms with Crippen LogP contribution >= 0.6 is 0 Å². The predicted octanol–water partition coefficient (Wildman–Crippen LogP) is 5.96. The fraction of sp³-hybridized carbons (Fsp3) is 0.107. The molecule has 5 aromatic heterocycles. The molecular weight excluding hydrogens is 469 g/mol. The van der Waals surface area contributed by atoms with Gasteiger partial charge in [0.1, 0.15) is 22.7 Å². The Balaban J connectivity index is 1.42. The number of benzene rings is 1. The van der Waals surface area contributed by atoms with Gasteiger partial charge in [-0.2, -0.15) is 5.10 Å². The van der Waals surface area contributed by atoms with E-state index in [9.17, 15) is 9.18 Å². The molecule has 0 aliphatic rings. The highest BCUT2D eigenvalue weighted by Crippen LogP contribution is 2.34. The van der Waals surface area contributed by atoms with Crippen molar-refractivity contribution in [2.45, 2.75) is 13.8 Å². The van der Waals surface area contributed by atoms with Crippen molar-refractivity contribution in [1.29, 1.82) is 0 Å². The minimum atomic E-state index is -0.297. The molecule has 6 aromatic rings. The van der Waals surface area contributed by atoms with Gasteiger partial charge in [-0.25, -0.2) is 14.4 Å². The first-order valence-corrected chi connectivity index (χ1v) is 11.8. The lowest BCUT2D eigenvalue weighted by Gasteiger charge is -2.08. The lowest BCUT2D eigenvalue weighted by Crippen LogP contribution is -2.17. The molecule has 0 saturated heterocycles. The summed E-state index contributed by atoms with van der Waals surface area (Å²) in [5.74, 6) is -0.521. The number of rotatable bonds is 5. The second kappa shape index (κ2) is 8.94. The van der Waals surface area contributed by atoms with Gasteiger partial charge < -0.3 is 10.3 Å². The Bertz CT molecular complexity index is 1790. The van der Waals surface area contributed by atoms with Gasteiger partial charge in [0.15, 0.2) is 0 Å². The lowest BCUT2D eigenvalue weighted by molar-refractivity contribution is -0.118. The van der Waals surface area contributed by atoms with Crippen molar-refractivity contribution < 1.29 is 9.18 Å². The SMILES string of the molecule is CC(C)C(=O)Nc1cncc(-c2ccc3[nH]nc(-c4cc5c(-c6ccccc6F)ccnc5[nH]4)c3n2)c1. The largest absolute Gasteiger partial charge is 0.338 e. The van der Waals surface area contributed by atoms with Crippen molar-refractivity contribution in [2.24, 2.45) is 5.92 Å². The van der Waals surface area contributed by atoms with Crippen molar-refractivity contribution in [2.75, 3.05) is 5.32 Å². The molecule has 0 fully saturated rings. The van der Waals surface area contributed by atoms with E-state index in [0.29, 0.717) is 39.5 Å². The molecular formula is C28H22FN7O. The van der Waals surface area contributed by atoms with Crippen molar-refractivity contribution >= 4 is 33.7 Å². The van der Waals surface area contributed by atoms with E-state index in [4.69, 9.17) is 4.98 Å². The van der Waals surface area contributed by atoms with Gasteiger partial charge in [0.25, 0.3) is 0 Å². The number of aromatic nitrogens is 6. The fourth-order valence-corrected chi connectivity index (χ4v) is 4.25. The number of carbonyl (C=O) groups excluding carboxylic acids is 1. The highest BCUT2D eigenvalue weighted by Gasteiger charge is 2.17. The topological polar surface area (TPSA) is 112 Å². The number of nitrogens with zero attached hydrogens (tertiary/aromatic N) is 4. The lowest BCUT2D eigenvalue weighted by atomic mass is 10.0. The van der Waals surface area contributed by atoms with Crippen LogP contribution in [0.25, 0.3) is 55.8 Å². The van der Waals surface area contributed by atoms with E-state index in [0.717, 1.165) is 22.0 Å². The van der Waals surface area contributed by atoms with Crippen LogP contribution in [0, 0.1) is 11.7 Å². The Morgan fingerprint density at radius 2 is 1.89 bits per heavy atom. The maximum atomic E-state index is 14.5. The molecule has 1 amide bonds. The second-order valence-electron chi connectivity index (χ2n) is 9.05. The summed E-state index contributed by atoms with van der Waals surface area (Å²) in [6.07, 6.45) is 4.96. The average molecular weight is 492 g/mol. The Morgan fingerprint density at radius 1 is 1.03 bits per heavy atom.